The second kappa shape index (κ2) is 7.85. The lowest BCUT2D eigenvalue weighted by molar-refractivity contribution is 0.438. The largest absolute Gasteiger partial charge is 0.313 e. The van der Waals surface area contributed by atoms with Crippen LogP contribution in [0.5, 0.6) is 0 Å². The smallest absolute Gasteiger partial charge is 0.0185 e. The first-order chi connectivity index (χ1) is 8.49. The van der Waals surface area contributed by atoms with Crippen LogP contribution in [0.15, 0.2) is 18.2 Å². The van der Waals surface area contributed by atoms with Crippen molar-refractivity contribution in [3.8, 4) is 0 Å². The van der Waals surface area contributed by atoms with Crippen LogP contribution in [0.1, 0.15) is 37.5 Å². The predicted molar refractivity (Wildman–Crippen MR) is 84.4 cm³/mol. The zero-order valence-electron chi connectivity index (χ0n) is 12.4. The normalized spacial score (nSPS) is 13.0. The number of rotatable bonds is 7. The summed E-state index contributed by atoms with van der Waals surface area (Å²) in [5.74, 6) is 3.03. The van der Waals surface area contributed by atoms with Gasteiger partial charge in [-0.25, -0.2) is 0 Å². The molecule has 18 heavy (non-hydrogen) atoms. The third kappa shape index (κ3) is 5.92. The van der Waals surface area contributed by atoms with E-state index in [4.69, 9.17) is 0 Å². The molecule has 0 aromatic heterocycles. The van der Waals surface area contributed by atoms with E-state index in [0.29, 0.717) is 6.04 Å². The zero-order chi connectivity index (χ0) is 13.5. The van der Waals surface area contributed by atoms with Gasteiger partial charge in [-0.05, 0) is 32.3 Å². The SMILES string of the molecule is Cc1cc(C)cc(CSCCNC(C)C(C)C)c1. The van der Waals surface area contributed by atoms with Gasteiger partial charge in [0.15, 0.2) is 0 Å². The van der Waals surface area contributed by atoms with Gasteiger partial charge in [-0.15, -0.1) is 0 Å². The highest BCUT2D eigenvalue weighted by atomic mass is 32.2. The van der Waals surface area contributed by atoms with E-state index < -0.39 is 0 Å². The lowest BCUT2D eigenvalue weighted by atomic mass is 10.1. The van der Waals surface area contributed by atoms with E-state index in [-0.39, 0.29) is 0 Å². The number of benzene rings is 1. The topological polar surface area (TPSA) is 12.0 Å². The Morgan fingerprint density at radius 2 is 1.67 bits per heavy atom. The Bertz CT molecular complexity index is 340. The maximum absolute atomic E-state index is 3.57. The van der Waals surface area contributed by atoms with Gasteiger partial charge in [0, 0.05) is 24.1 Å². The third-order valence-corrected chi connectivity index (χ3v) is 4.29. The minimum absolute atomic E-state index is 0.617. The summed E-state index contributed by atoms with van der Waals surface area (Å²) in [5, 5.41) is 3.57. The fourth-order valence-electron chi connectivity index (χ4n) is 1.94. The van der Waals surface area contributed by atoms with E-state index in [9.17, 15) is 0 Å². The van der Waals surface area contributed by atoms with E-state index in [2.05, 4.69) is 58.1 Å². The molecule has 1 unspecified atom stereocenters. The summed E-state index contributed by atoms with van der Waals surface area (Å²) in [5.41, 5.74) is 4.20. The molecule has 1 aromatic rings. The highest BCUT2D eigenvalue weighted by Crippen LogP contribution is 2.15. The summed E-state index contributed by atoms with van der Waals surface area (Å²) >= 11 is 2.01. The molecule has 0 amide bonds. The van der Waals surface area contributed by atoms with Crippen LogP contribution in [0.25, 0.3) is 0 Å². The van der Waals surface area contributed by atoms with Crippen LogP contribution in [-0.4, -0.2) is 18.3 Å². The van der Waals surface area contributed by atoms with Crippen molar-refractivity contribution < 1.29 is 0 Å². The van der Waals surface area contributed by atoms with Gasteiger partial charge in [0.2, 0.25) is 0 Å². The highest BCUT2D eigenvalue weighted by Gasteiger charge is 2.04. The predicted octanol–water partition coefficient (Wildman–Crippen LogP) is 4.17. The van der Waals surface area contributed by atoms with Crippen LogP contribution >= 0.6 is 11.8 Å². The van der Waals surface area contributed by atoms with E-state index in [1.54, 1.807) is 0 Å². The number of aryl methyl sites for hydroxylation is 2. The summed E-state index contributed by atoms with van der Waals surface area (Å²) in [4.78, 5) is 0. The lowest BCUT2D eigenvalue weighted by Crippen LogP contribution is -2.32. The van der Waals surface area contributed by atoms with E-state index in [0.717, 1.165) is 18.2 Å². The van der Waals surface area contributed by atoms with Gasteiger partial charge in [0.1, 0.15) is 0 Å². The van der Waals surface area contributed by atoms with E-state index in [1.165, 1.54) is 22.4 Å². The Morgan fingerprint density at radius 3 is 2.22 bits per heavy atom. The van der Waals surface area contributed by atoms with E-state index >= 15 is 0 Å². The van der Waals surface area contributed by atoms with Crippen LogP contribution in [0.3, 0.4) is 0 Å². The summed E-state index contributed by atoms with van der Waals surface area (Å²) in [6, 6.07) is 7.45. The fourth-order valence-corrected chi connectivity index (χ4v) is 2.75. The summed E-state index contributed by atoms with van der Waals surface area (Å²) in [6.07, 6.45) is 0. The molecular weight excluding hydrogens is 238 g/mol. The van der Waals surface area contributed by atoms with Gasteiger partial charge >= 0.3 is 0 Å². The summed E-state index contributed by atoms with van der Waals surface area (Å²) in [7, 11) is 0. The number of thioether (sulfide) groups is 1. The average molecular weight is 265 g/mol. The Kier molecular flexibility index (Phi) is 6.80. The van der Waals surface area contributed by atoms with Crippen LogP contribution in [0.4, 0.5) is 0 Å². The van der Waals surface area contributed by atoms with Crippen molar-refractivity contribution in [1.29, 1.82) is 0 Å². The van der Waals surface area contributed by atoms with Crippen molar-refractivity contribution in [3.63, 3.8) is 0 Å². The van der Waals surface area contributed by atoms with Crippen molar-refractivity contribution in [1.82, 2.24) is 5.32 Å². The van der Waals surface area contributed by atoms with Crippen LogP contribution in [-0.2, 0) is 5.75 Å². The molecule has 0 aliphatic rings. The van der Waals surface area contributed by atoms with Crippen LogP contribution in [0, 0.1) is 19.8 Å². The fraction of sp³-hybridized carbons (Fsp3) is 0.625. The van der Waals surface area contributed by atoms with Gasteiger partial charge in [0.05, 0.1) is 0 Å². The molecule has 0 aliphatic heterocycles. The molecular formula is C16H27NS. The van der Waals surface area contributed by atoms with Crippen molar-refractivity contribution in [2.75, 3.05) is 12.3 Å². The second-order valence-electron chi connectivity index (χ2n) is 5.54. The quantitative estimate of drug-likeness (QED) is 0.743. The molecule has 1 nitrogen and oxygen atoms in total. The van der Waals surface area contributed by atoms with Crippen molar-refractivity contribution in [3.05, 3.63) is 34.9 Å². The van der Waals surface area contributed by atoms with Crippen LogP contribution < -0.4 is 5.32 Å². The Labute approximate surface area is 117 Å². The molecule has 102 valence electrons. The Hall–Kier alpha value is -0.470. The molecule has 0 fully saturated rings. The molecule has 0 spiro atoms. The number of nitrogens with one attached hydrogen (secondary N) is 1. The standard InChI is InChI=1S/C16H27NS/c1-12(2)15(5)17-6-7-18-11-16-9-13(3)8-14(4)10-16/h8-10,12,15,17H,6-7,11H2,1-5H3. The first-order valence-electron chi connectivity index (χ1n) is 6.87. The molecule has 1 aromatic carbocycles. The zero-order valence-corrected chi connectivity index (χ0v) is 13.2. The lowest BCUT2D eigenvalue weighted by Gasteiger charge is -2.17. The molecule has 0 saturated carbocycles. The molecule has 1 N–H and O–H groups in total. The van der Waals surface area contributed by atoms with Gasteiger partial charge in [-0.2, -0.15) is 11.8 Å². The molecule has 0 bridgehead atoms. The first-order valence-corrected chi connectivity index (χ1v) is 8.03. The summed E-state index contributed by atoms with van der Waals surface area (Å²) < 4.78 is 0. The molecule has 1 atom stereocenters. The molecule has 0 heterocycles. The van der Waals surface area contributed by atoms with Gasteiger partial charge in [-0.3, -0.25) is 0 Å². The highest BCUT2D eigenvalue weighted by molar-refractivity contribution is 7.98. The maximum atomic E-state index is 3.57. The molecule has 0 radical (unpaired) electrons. The van der Waals surface area contributed by atoms with Gasteiger partial charge in [0.25, 0.3) is 0 Å². The third-order valence-electron chi connectivity index (χ3n) is 3.26. The monoisotopic (exact) mass is 265 g/mol. The molecule has 1 rings (SSSR count). The minimum atomic E-state index is 0.617. The first kappa shape index (κ1) is 15.6. The second-order valence-corrected chi connectivity index (χ2v) is 6.64. The van der Waals surface area contributed by atoms with Crippen molar-refractivity contribution in [2.45, 2.75) is 46.4 Å². The molecule has 0 saturated heterocycles. The maximum Gasteiger partial charge on any atom is 0.0185 e. The van der Waals surface area contributed by atoms with Gasteiger partial charge < -0.3 is 5.32 Å². The number of hydrogen-bond donors (Lipinski definition) is 1. The van der Waals surface area contributed by atoms with Crippen molar-refractivity contribution in [2.24, 2.45) is 5.92 Å². The molecule has 0 aliphatic carbocycles. The number of hydrogen-bond acceptors (Lipinski definition) is 2. The van der Waals surface area contributed by atoms with Crippen molar-refractivity contribution >= 4 is 11.8 Å². The summed E-state index contributed by atoms with van der Waals surface area (Å²) in [6.45, 7) is 12.2. The minimum Gasteiger partial charge on any atom is -0.313 e. The van der Waals surface area contributed by atoms with E-state index in [1.807, 2.05) is 11.8 Å². The average Bonchev–Trinajstić information content (AvgIpc) is 2.26. The Morgan fingerprint density at radius 1 is 1.06 bits per heavy atom. The molecule has 2 heteroatoms. The van der Waals surface area contributed by atoms with Gasteiger partial charge in [-0.1, -0.05) is 43.2 Å². The Balaban J connectivity index is 2.22. The van der Waals surface area contributed by atoms with Crippen LogP contribution in [0.2, 0.25) is 0 Å².